The van der Waals surface area contributed by atoms with Gasteiger partial charge in [0.05, 0.1) is 5.41 Å². The van der Waals surface area contributed by atoms with Crippen molar-refractivity contribution in [3.63, 3.8) is 0 Å². The normalized spacial score (nSPS) is 28.4. The third-order valence-electron chi connectivity index (χ3n) is 3.22. The van der Waals surface area contributed by atoms with E-state index in [1.54, 1.807) is 0 Å². The van der Waals surface area contributed by atoms with Gasteiger partial charge in [0.15, 0.2) is 0 Å². The van der Waals surface area contributed by atoms with E-state index in [-0.39, 0.29) is 5.41 Å². The highest BCUT2D eigenvalue weighted by Crippen LogP contribution is 2.41. The molecular weight excluding hydrogens is 176 g/mol. The third-order valence-corrected chi connectivity index (χ3v) is 3.22. The van der Waals surface area contributed by atoms with E-state index in [4.69, 9.17) is 5.11 Å². The van der Waals surface area contributed by atoms with Crippen molar-refractivity contribution in [2.24, 2.45) is 10.8 Å². The van der Waals surface area contributed by atoms with Crippen LogP contribution in [-0.2, 0) is 4.79 Å². The Balaban J connectivity index is 2.78. The summed E-state index contributed by atoms with van der Waals surface area (Å²) >= 11 is 0. The van der Waals surface area contributed by atoms with Crippen LogP contribution < -0.4 is 0 Å². The average molecular weight is 196 g/mol. The summed E-state index contributed by atoms with van der Waals surface area (Å²) in [6, 6.07) is 0. The molecule has 1 aliphatic rings. The summed E-state index contributed by atoms with van der Waals surface area (Å²) in [5.41, 5.74) is 1.06. The molecule has 0 heterocycles. The molecule has 1 unspecified atom stereocenters. The summed E-state index contributed by atoms with van der Waals surface area (Å²) in [5.74, 6) is -0.665. The van der Waals surface area contributed by atoms with E-state index in [1.165, 1.54) is 5.57 Å². The van der Waals surface area contributed by atoms with Gasteiger partial charge >= 0.3 is 5.97 Å². The molecule has 1 aliphatic carbocycles. The van der Waals surface area contributed by atoms with E-state index in [9.17, 15) is 4.79 Å². The molecule has 0 saturated carbocycles. The minimum Gasteiger partial charge on any atom is -0.481 e. The fourth-order valence-electron chi connectivity index (χ4n) is 1.84. The predicted molar refractivity (Wildman–Crippen MR) is 57.1 cm³/mol. The van der Waals surface area contributed by atoms with Crippen LogP contribution in [0.4, 0.5) is 0 Å². The molecule has 2 nitrogen and oxygen atoms in total. The van der Waals surface area contributed by atoms with Crippen LogP contribution in [0, 0.1) is 10.8 Å². The number of hydrogen-bond donors (Lipinski definition) is 1. The van der Waals surface area contributed by atoms with Crippen molar-refractivity contribution in [3.8, 4) is 0 Å². The molecule has 14 heavy (non-hydrogen) atoms. The fraction of sp³-hybridized carbons (Fsp3) is 0.750. The summed E-state index contributed by atoms with van der Waals surface area (Å²) in [6.45, 7) is 8.39. The summed E-state index contributed by atoms with van der Waals surface area (Å²) in [6.07, 6.45) is 4.49. The Morgan fingerprint density at radius 1 is 1.50 bits per heavy atom. The van der Waals surface area contributed by atoms with Crippen molar-refractivity contribution < 1.29 is 9.90 Å². The van der Waals surface area contributed by atoms with Gasteiger partial charge in [-0.05, 0) is 31.6 Å². The second-order valence-corrected chi connectivity index (χ2v) is 5.55. The molecule has 0 radical (unpaired) electrons. The minimum atomic E-state index is -0.665. The Bertz CT molecular complexity index is 271. The van der Waals surface area contributed by atoms with Crippen LogP contribution in [0.2, 0.25) is 0 Å². The zero-order chi connectivity index (χ0) is 11.0. The second kappa shape index (κ2) is 3.41. The van der Waals surface area contributed by atoms with Gasteiger partial charge in [0.1, 0.15) is 0 Å². The number of carboxylic acids is 1. The van der Waals surface area contributed by atoms with Crippen molar-refractivity contribution in [2.45, 2.75) is 47.0 Å². The number of rotatable bonds is 1. The first-order chi connectivity index (χ1) is 6.26. The van der Waals surface area contributed by atoms with Crippen molar-refractivity contribution in [1.29, 1.82) is 0 Å². The summed E-state index contributed by atoms with van der Waals surface area (Å²) in [7, 11) is 0. The van der Waals surface area contributed by atoms with E-state index < -0.39 is 11.4 Å². The molecule has 0 aromatic heterocycles. The lowest BCUT2D eigenvalue weighted by Crippen LogP contribution is -2.30. The maximum absolute atomic E-state index is 11.0. The van der Waals surface area contributed by atoms with Crippen LogP contribution in [0.5, 0.6) is 0 Å². The van der Waals surface area contributed by atoms with Crippen molar-refractivity contribution >= 4 is 5.97 Å². The summed E-state index contributed by atoms with van der Waals surface area (Å²) in [4.78, 5) is 11.0. The highest BCUT2D eigenvalue weighted by Gasteiger charge is 2.36. The Labute approximate surface area is 86.0 Å². The molecule has 1 N–H and O–H groups in total. The zero-order valence-electron chi connectivity index (χ0n) is 9.55. The summed E-state index contributed by atoms with van der Waals surface area (Å²) in [5, 5.41) is 9.06. The Morgan fingerprint density at radius 3 is 2.36 bits per heavy atom. The topological polar surface area (TPSA) is 37.3 Å². The van der Waals surface area contributed by atoms with Crippen LogP contribution in [-0.4, -0.2) is 11.1 Å². The molecule has 1 rings (SSSR count). The molecular formula is C12H20O2. The lowest BCUT2D eigenvalue weighted by Gasteiger charge is -2.33. The predicted octanol–water partition coefficient (Wildman–Crippen LogP) is 3.23. The van der Waals surface area contributed by atoms with Crippen LogP contribution in [0.25, 0.3) is 0 Å². The molecule has 0 saturated heterocycles. The van der Waals surface area contributed by atoms with Gasteiger partial charge in [-0.25, -0.2) is 0 Å². The number of aliphatic carboxylic acids is 1. The Kier molecular flexibility index (Phi) is 2.75. The largest absolute Gasteiger partial charge is 0.481 e. The highest BCUT2D eigenvalue weighted by atomic mass is 16.4. The highest BCUT2D eigenvalue weighted by molar-refractivity contribution is 5.74. The SMILES string of the molecule is CC(C)(C)C1=CCC(C)(C(=O)O)CC1. The molecule has 2 heteroatoms. The molecule has 0 aliphatic heterocycles. The first kappa shape index (κ1) is 11.3. The Hall–Kier alpha value is -0.790. The van der Waals surface area contributed by atoms with Crippen molar-refractivity contribution in [1.82, 2.24) is 0 Å². The lowest BCUT2D eigenvalue weighted by molar-refractivity contribution is -0.148. The van der Waals surface area contributed by atoms with Crippen LogP contribution >= 0.6 is 0 Å². The van der Waals surface area contributed by atoms with E-state index in [1.807, 2.05) is 6.92 Å². The van der Waals surface area contributed by atoms with Gasteiger partial charge in [-0.2, -0.15) is 0 Å². The van der Waals surface area contributed by atoms with E-state index >= 15 is 0 Å². The smallest absolute Gasteiger partial charge is 0.309 e. The number of hydrogen-bond acceptors (Lipinski definition) is 1. The Morgan fingerprint density at radius 2 is 2.07 bits per heavy atom. The van der Waals surface area contributed by atoms with Gasteiger partial charge < -0.3 is 5.11 Å². The maximum Gasteiger partial charge on any atom is 0.309 e. The van der Waals surface area contributed by atoms with Gasteiger partial charge in [0, 0.05) is 0 Å². The molecule has 0 fully saturated rings. The van der Waals surface area contributed by atoms with Crippen LogP contribution in [0.3, 0.4) is 0 Å². The lowest BCUT2D eigenvalue weighted by atomic mass is 9.71. The zero-order valence-corrected chi connectivity index (χ0v) is 9.55. The van der Waals surface area contributed by atoms with E-state index in [2.05, 4.69) is 26.8 Å². The molecule has 1 atom stereocenters. The maximum atomic E-state index is 11.0. The second-order valence-electron chi connectivity index (χ2n) is 5.55. The monoisotopic (exact) mass is 196 g/mol. The molecule has 0 bridgehead atoms. The number of allylic oxidation sites excluding steroid dienone is 2. The van der Waals surface area contributed by atoms with Crippen molar-refractivity contribution in [2.75, 3.05) is 0 Å². The summed E-state index contributed by atoms with van der Waals surface area (Å²) < 4.78 is 0. The van der Waals surface area contributed by atoms with Gasteiger partial charge in [-0.15, -0.1) is 0 Å². The molecule has 0 spiro atoms. The van der Waals surface area contributed by atoms with Crippen LogP contribution in [0.1, 0.15) is 47.0 Å². The van der Waals surface area contributed by atoms with Gasteiger partial charge in [-0.3, -0.25) is 4.79 Å². The van der Waals surface area contributed by atoms with Gasteiger partial charge in [0.25, 0.3) is 0 Å². The quantitative estimate of drug-likeness (QED) is 0.654. The fourth-order valence-corrected chi connectivity index (χ4v) is 1.84. The first-order valence-electron chi connectivity index (χ1n) is 5.19. The average Bonchev–Trinajstić information content (AvgIpc) is 2.03. The van der Waals surface area contributed by atoms with E-state index in [0.29, 0.717) is 6.42 Å². The molecule has 0 aromatic rings. The third kappa shape index (κ3) is 2.17. The standard InChI is InChI=1S/C12H20O2/c1-11(2,3)9-5-7-12(4,8-6-9)10(13)14/h5H,6-8H2,1-4H3,(H,13,14). The van der Waals surface area contributed by atoms with E-state index in [0.717, 1.165) is 12.8 Å². The molecule has 0 aromatic carbocycles. The van der Waals surface area contributed by atoms with Crippen LogP contribution in [0.15, 0.2) is 11.6 Å². The number of carbonyl (C=O) groups is 1. The molecule has 0 amide bonds. The first-order valence-corrected chi connectivity index (χ1v) is 5.19. The van der Waals surface area contributed by atoms with Gasteiger partial charge in [0.2, 0.25) is 0 Å². The molecule has 80 valence electrons. The van der Waals surface area contributed by atoms with Gasteiger partial charge in [-0.1, -0.05) is 32.4 Å². The number of carboxylic acid groups (broad SMARTS) is 1. The van der Waals surface area contributed by atoms with Crippen molar-refractivity contribution in [3.05, 3.63) is 11.6 Å². The minimum absolute atomic E-state index is 0.194.